The molecule has 0 spiro atoms. The van der Waals surface area contributed by atoms with Crippen LogP contribution in [0.1, 0.15) is 6.92 Å². The van der Waals surface area contributed by atoms with E-state index in [1.807, 2.05) is 0 Å². The molecule has 0 aromatic heterocycles. The molecular formula is C14H11F3N2O5. The maximum Gasteiger partial charge on any atom is 0.311 e. The van der Waals surface area contributed by atoms with E-state index < -0.39 is 33.0 Å². The van der Waals surface area contributed by atoms with Crippen LogP contribution >= 0.6 is 0 Å². The second kappa shape index (κ2) is 8.46. The summed E-state index contributed by atoms with van der Waals surface area (Å²) in [5.74, 6) is -2.57. The first-order valence-corrected chi connectivity index (χ1v) is 6.42. The molecule has 128 valence electrons. The summed E-state index contributed by atoms with van der Waals surface area (Å²) in [6.07, 6.45) is 0. The fraction of sp³-hybridized carbons (Fsp3) is 0.143. The lowest BCUT2D eigenvalue weighted by molar-refractivity contribution is -0.387. The van der Waals surface area contributed by atoms with E-state index in [-0.39, 0.29) is 18.0 Å². The molecule has 0 N–H and O–H groups in total. The van der Waals surface area contributed by atoms with E-state index >= 15 is 0 Å². The molecule has 0 aliphatic rings. The van der Waals surface area contributed by atoms with Crippen molar-refractivity contribution in [3.8, 4) is 5.75 Å². The Morgan fingerprint density at radius 1 is 0.917 bits per heavy atom. The van der Waals surface area contributed by atoms with Crippen molar-refractivity contribution < 1.29 is 27.8 Å². The van der Waals surface area contributed by atoms with Crippen molar-refractivity contribution in [1.82, 2.24) is 0 Å². The third kappa shape index (κ3) is 5.23. The van der Waals surface area contributed by atoms with Crippen molar-refractivity contribution in [1.29, 1.82) is 0 Å². The lowest BCUT2D eigenvalue weighted by Gasteiger charge is -2.02. The van der Waals surface area contributed by atoms with Crippen LogP contribution in [0.5, 0.6) is 5.75 Å². The molecule has 0 radical (unpaired) electrons. The summed E-state index contributed by atoms with van der Waals surface area (Å²) in [7, 11) is 0. The number of hydrogen-bond acceptors (Lipinski definition) is 5. The lowest BCUT2D eigenvalue weighted by atomic mass is 10.3. The third-order valence-corrected chi connectivity index (χ3v) is 2.52. The molecule has 2 aromatic rings. The van der Waals surface area contributed by atoms with E-state index in [1.54, 1.807) is 6.92 Å². The Morgan fingerprint density at radius 2 is 1.42 bits per heavy atom. The van der Waals surface area contributed by atoms with E-state index in [2.05, 4.69) is 0 Å². The quantitative estimate of drug-likeness (QED) is 0.617. The van der Waals surface area contributed by atoms with E-state index in [0.29, 0.717) is 6.07 Å². The van der Waals surface area contributed by atoms with Gasteiger partial charge in [0, 0.05) is 24.3 Å². The Hall–Kier alpha value is -3.17. The van der Waals surface area contributed by atoms with Crippen LogP contribution in [-0.4, -0.2) is 16.5 Å². The third-order valence-electron chi connectivity index (χ3n) is 2.52. The van der Waals surface area contributed by atoms with Crippen LogP contribution < -0.4 is 4.74 Å². The number of benzene rings is 2. The molecule has 0 unspecified atom stereocenters. The summed E-state index contributed by atoms with van der Waals surface area (Å²) in [6, 6.07) is 5.20. The Bertz CT molecular complexity index is 755. The number of nitro benzene ring substituents is 2. The van der Waals surface area contributed by atoms with Gasteiger partial charge in [0.1, 0.15) is 11.6 Å². The average molecular weight is 344 g/mol. The summed E-state index contributed by atoms with van der Waals surface area (Å²) in [5.41, 5.74) is -0.936. The van der Waals surface area contributed by atoms with Gasteiger partial charge in [0.05, 0.1) is 16.5 Å². The van der Waals surface area contributed by atoms with Crippen molar-refractivity contribution in [2.45, 2.75) is 6.92 Å². The molecule has 0 heterocycles. The molecule has 0 atom stereocenters. The fourth-order valence-corrected chi connectivity index (χ4v) is 1.54. The highest BCUT2D eigenvalue weighted by Gasteiger charge is 2.15. The first-order valence-electron chi connectivity index (χ1n) is 6.42. The first kappa shape index (κ1) is 18.9. The summed E-state index contributed by atoms with van der Waals surface area (Å²) in [4.78, 5) is 18.9. The number of nitrogens with zero attached hydrogens (tertiary/aromatic N) is 2. The Balaban J connectivity index is 0.000000243. The van der Waals surface area contributed by atoms with Gasteiger partial charge < -0.3 is 4.74 Å². The van der Waals surface area contributed by atoms with E-state index in [4.69, 9.17) is 4.74 Å². The van der Waals surface area contributed by atoms with Crippen molar-refractivity contribution in [3.05, 3.63) is 74.1 Å². The van der Waals surface area contributed by atoms with Crippen LogP contribution in [0.2, 0.25) is 0 Å². The van der Waals surface area contributed by atoms with Gasteiger partial charge in [-0.05, 0) is 19.1 Å². The second-order valence-electron chi connectivity index (χ2n) is 4.16. The molecule has 0 saturated heterocycles. The van der Waals surface area contributed by atoms with Crippen molar-refractivity contribution in [3.63, 3.8) is 0 Å². The minimum Gasteiger partial charge on any atom is -0.487 e. The Kier molecular flexibility index (Phi) is 6.65. The van der Waals surface area contributed by atoms with Crippen LogP contribution in [-0.2, 0) is 0 Å². The number of rotatable bonds is 4. The topological polar surface area (TPSA) is 95.5 Å². The van der Waals surface area contributed by atoms with Gasteiger partial charge in [-0.3, -0.25) is 20.2 Å². The molecule has 0 fully saturated rings. The van der Waals surface area contributed by atoms with E-state index in [0.717, 1.165) is 30.3 Å². The van der Waals surface area contributed by atoms with E-state index in [1.165, 1.54) is 0 Å². The molecule has 7 nitrogen and oxygen atoms in total. The van der Waals surface area contributed by atoms with Gasteiger partial charge in [0.15, 0.2) is 5.75 Å². The molecule has 0 aliphatic heterocycles. The van der Waals surface area contributed by atoms with Gasteiger partial charge in [0.25, 0.3) is 0 Å². The predicted octanol–water partition coefficient (Wildman–Crippen LogP) is 4.01. The number of ether oxygens (including phenoxy) is 1. The zero-order valence-electron chi connectivity index (χ0n) is 12.2. The summed E-state index contributed by atoms with van der Waals surface area (Å²) in [6.45, 7) is 1.94. The zero-order chi connectivity index (χ0) is 18.3. The molecular weight excluding hydrogens is 333 g/mol. The summed E-state index contributed by atoms with van der Waals surface area (Å²) < 4.78 is 42.1. The molecule has 10 heteroatoms. The Labute approximate surface area is 133 Å². The predicted molar refractivity (Wildman–Crippen MR) is 77.2 cm³/mol. The maximum atomic E-state index is 12.6. The molecule has 0 saturated carbocycles. The number of halogens is 3. The molecule has 2 rings (SSSR count). The van der Waals surface area contributed by atoms with Gasteiger partial charge in [-0.25, -0.2) is 8.78 Å². The van der Waals surface area contributed by atoms with Gasteiger partial charge in [-0.2, -0.15) is 4.39 Å². The molecule has 2 aromatic carbocycles. The van der Waals surface area contributed by atoms with Gasteiger partial charge in [-0.1, -0.05) is 0 Å². The molecule has 0 amide bonds. The van der Waals surface area contributed by atoms with Crippen molar-refractivity contribution in [2.75, 3.05) is 6.61 Å². The second-order valence-corrected chi connectivity index (χ2v) is 4.16. The largest absolute Gasteiger partial charge is 0.487 e. The van der Waals surface area contributed by atoms with Crippen LogP contribution in [0.4, 0.5) is 24.5 Å². The standard InChI is InChI=1S/C8H8FNO3.C6H3F2NO2/c1-2-13-8-5-6(9)3-4-7(8)10(11)12;7-4-1-2-6(9(10)11)5(8)3-4/h3-5H,2H2,1H3;1-3H. The van der Waals surface area contributed by atoms with E-state index in [9.17, 15) is 33.4 Å². The highest BCUT2D eigenvalue weighted by atomic mass is 19.1. The first-order chi connectivity index (χ1) is 11.3. The maximum absolute atomic E-state index is 12.6. The van der Waals surface area contributed by atoms with Crippen LogP contribution in [0.3, 0.4) is 0 Å². The summed E-state index contributed by atoms with van der Waals surface area (Å²) >= 11 is 0. The lowest BCUT2D eigenvalue weighted by Crippen LogP contribution is -1.97. The van der Waals surface area contributed by atoms with Gasteiger partial charge >= 0.3 is 11.4 Å². The minimum atomic E-state index is -1.16. The summed E-state index contributed by atoms with van der Waals surface area (Å²) in [5, 5.41) is 20.4. The van der Waals surface area contributed by atoms with Gasteiger partial charge in [0.2, 0.25) is 5.82 Å². The monoisotopic (exact) mass is 344 g/mol. The van der Waals surface area contributed by atoms with Crippen LogP contribution in [0, 0.1) is 37.7 Å². The fourth-order valence-electron chi connectivity index (χ4n) is 1.54. The highest BCUT2D eigenvalue weighted by molar-refractivity contribution is 5.46. The highest BCUT2D eigenvalue weighted by Crippen LogP contribution is 2.27. The smallest absolute Gasteiger partial charge is 0.311 e. The average Bonchev–Trinajstić information content (AvgIpc) is 2.47. The molecule has 0 bridgehead atoms. The van der Waals surface area contributed by atoms with Crippen LogP contribution in [0.15, 0.2) is 36.4 Å². The SMILES string of the molecule is CCOc1cc(F)ccc1[N+](=O)[O-].O=[N+]([O-])c1ccc(F)cc1F. The normalized spacial score (nSPS) is 9.67. The zero-order valence-corrected chi connectivity index (χ0v) is 12.2. The van der Waals surface area contributed by atoms with Crippen LogP contribution in [0.25, 0.3) is 0 Å². The molecule has 24 heavy (non-hydrogen) atoms. The number of nitro groups is 2. The van der Waals surface area contributed by atoms with Crippen molar-refractivity contribution >= 4 is 11.4 Å². The minimum absolute atomic E-state index is 0.0347. The molecule has 0 aliphatic carbocycles. The Morgan fingerprint density at radius 3 is 1.88 bits per heavy atom. The number of hydrogen-bond donors (Lipinski definition) is 0. The van der Waals surface area contributed by atoms with Crippen molar-refractivity contribution in [2.24, 2.45) is 0 Å². The van der Waals surface area contributed by atoms with Gasteiger partial charge in [-0.15, -0.1) is 0 Å².